The Labute approximate surface area is 143 Å². The van der Waals surface area contributed by atoms with Crippen LogP contribution in [0.25, 0.3) is 11.1 Å². The number of rotatable bonds is 1. The van der Waals surface area contributed by atoms with Crippen LogP contribution in [0.5, 0.6) is 0 Å². The van der Waals surface area contributed by atoms with E-state index in [0.717, 1.165) is 25.7 Å². The van der Waals surface area contributed by atoms with Crippen LogP contribution in [-0.4, -0.2) is 16.3 Å². The summed E-state index contributed by atoms with van der Waals surface area (Å²) in [6.07, 6.45) is 4.93. The normalized spacial score (nSPS) is 19.1. The number of carbonyl (C=O) groups is 1. The van der Waals surface area contributed by atoms with Gasteiger partial charge in [0.2, 0.25) is 5.91 Å². The zero-order valence-electron chi connectivity index (χ0n) is 14.0. The molecule has 2 aliphatic rings. The zero-order valence-corrected chi connectivity index (χ0v) is 14.0. The molecule has 2 N–H and O–H groups in total. The molecule has 3 nitrogen and oxygen atoms in total. The van der Waals surface area contributed by atoms with Crippen molar-refractivity contribution in [1.82, 2.24) is 4.90 Å². The molecule has 2 aromatic rings. The minimum absolute atomic E-state index is 0.119. The molecule has 0 aromatic heterocycles. The predicted molar refractivity (Wildman–Crippen MR) is 96.1 cm³/mol. The first-order valence-corrected chi connectivity index (χ1v) is 8.92. The maximum absolute atomic E-state index is 13.2. The number of nitrogens with zero attached hydrogens (tertiary/aromatic N) is 1. The summed E-state index contributed by atoms with van der Waals surface area (Å²) in [6, 6.07) is 16.8. The number of carbonyl (C=O) groups excluding carboxylic acids is 1. The summed E-state index contributed by atoms with van der Waals surface area (Å²) < 4.78 is 0. The summed E-state index contributed by atoms with van der Waals surface area (Å²) in [5.41, 5.74) is 10.7. The minimum Gasteiger partial charge on any atom is -0.332 e. The smallest absolute Gasteiger partial charge is 0.243 e. The van der Waals surface area contributed by atoms with Gasteiger partial charge >= 0.3 is 0 Å². The number of benzene rings is 2. The summed E-state index contributed by atoms with van der Waals surface area (Å²) >= 11 is 0. The Morgan fingerprint density at radius 3 is 1.88 bits per heavy atom. The van der Waals surface area contributed by atoms with Gasteiger partial charge in [0.15, 0.2) is 0 Å². The molecule has 0 spiro atoms. The summed E-state index contributed by atoms with van der Waals surface area (Å²) in [4.78, 5) is 15.2. The van der Waals surface area contributed by atoms with Crippen LogP contribution in [0, 0.1) is 0 Å². The van der Waals surface area contributed by atoms with Crippen molar-refractivity contribution in [1.29, 1.82) is 0 Å². The van der Waals surface area contributed by atoms with Gasteiger partial charge in [-0.3, -0.25) is 4.79 Å². The number of hydrogen-bond acceptors (Lipinski definition) is 2. The largest absolute Gasteiger partial charge is 0.332 e. The maximum atomic E-state index is 13.2. The van der Waals surface area contributed by atoms with E-state index in [0.29, 0.717) is 13.1 Å². The van der Waals surface area contributed by atoms with Gasteiger partial charge in [-0.2, -0.15) is 0 Å². The lowest BCUT2D eigenvalue weighted by molar-refractivity contribution is -0.139. The molecule has 124 valence electrons. The first kappa shape index (κ1) is 15.4. The Morgan fingerprint density at radius 1 is 0.833 bits per heavy atom. The molecule has 3 heteroatoms. The van der Waals surface area contributed by atoms with Crippen molar-refractivity contribution >= 4 is 5.91 Å². The quantitative estimate of drug-likeness (QED) is 0.867. The molecule has 2 aromatic carbocycles. The van der Waals surface area contributed by atoms with Gasteiger partial charge < -0.3 is 10.6 Å². The lowest BCUT2D eigenvalue weighted by Crippen LogP contribution is -2.55. The van der Waals surface area contributed by atoms with Crippen LogP contribution in [0.1, 0.15) is 43.2 Å². The fourth-order valence-corrected chi connectivity index (χ4v) is 4.16. The summed E-state index contributed by atoms with van der Waals surface area (Å²) in [5.74, 6) is 0.119. The Hall–Kier alpha value is -2.13. The number of fused-ring (bicyclic) bond motifs is 3. The predicted octanol–water partition coefficient (Wildman–Crippen LogP) is 3.86. The van der Waals surface area contributed by atoms with Crippen LogP contribution >= 0.6 is 0 Å². The SMILES string of the molecule is NC1(C(=O)N2Cc3ccccc3-c3ccccc3C2)CCCCC1. The van der Waals surface area contributed by atoms with Gasteiger partial charge in [-0.05, 0) is 35.1 Å². The van der Waals surface area contributed by atoms with E-state index in [4.69, 9.17) is 5.73 Å². The minimum atomic E-state index is -0.674. The van der Waals surface area contributed by atoms with E-state index in [2.05, 4.69) is 36.4 Å². The second kappa shape index (κ2) is 6.06. The molecule has 0 bridgehead atoms. The van der Waals surface area contributed by atoms with Gasteiger partial charge in [-0.1, -0.05) is 67.8 Å². The molecule has 1 amide bonds. The van der Waals surface area contributed by atoms with E-state index in [1.54, 1.807) is 0 Å². The lowest BCUT2D eigenvalue weighted by atomic mass is 9.81. The Balaban J connectivity index is 1.73. The van der Waals surface area contributed by atoms with Gasteiger partial charge in [-0.25, -0.2) is 0 Å². The van der Waals surface area contributed by atoms with E-state index in [1.807, 2.05) is 17.0 Å². The van der Waals surface area contributed by atoms with Gasteiger partial charge in [0.05, 0.1) is 5.54 Å². The molecule has 1 aliphatic heterocycles. The van der Waals surface area contributed by atoms with Crippen LogP contribution < -0.4 is 5.73 Å². The summed E-state index contributed by atoms with van der Waals surface area (Å²) in [5, 5.41) is 0. The second-order valence-corrected chi connectivity index (χ2v) is 7.19. The molecule has 4 rings (SSSR count). The van der Waals surface area contributed by atoms with Crippen molar-refractivity contribution in [3.05, 3.63) is 59.7 Å². The van der Waals surface area contributed by atoms with Crippen LogP contribution in [0.4, 0.5) is 0 Å². The van der Waals surface area contributed by atoms with Crippen molar-refractivity contribution in [2.45, 2.75) is 50.7 Å². The molecule has 1 saturated carbocycles. The third kappa shape index (κ3) is 2.63. The Kier molecular flexibility index (Phi) is 3.89. The third-order valence-corrected chi connectivity index (χ3v) is 5.51. The van der Waals surface area contributed by atoms with Crippen LogP contribution in [0.2, 0.25) is 0 Å². The molecule has 1 fully saturated rings. The topological polar surface area (TPSA) is 46.3 Å². The highest BCUT2D eigenvalue weighted by atomic mass is 16.2. The Bertz CT molecular complexity index is 714. The molecule has 0 atom stereocenters. The molecule has 24 heavy (non-hydrogen) atoms. The third-order valence-electron chi connectivity index (χ3n) is 5.51. The van der Waals surface area contributed by atoms with Crippen LogP contribution in [-0.2, 0) is 17.9 Å². The maximum Gasteiger partial charge on any atom is 0.243 e. The first-order chi connectivity index (χ1) is 11.7. The first-order valence-electron chi connectivity index (χ1n) is 8.92. The fraction of sp³-hybridized carbons (Fsp3) is 0.381. The van der Waals surface area contributed by atoms with Crippen LogP contribution in [0.15, 0.2) is 48.5 Å². The van der Waals surface area contributed by atoms with E-state index in [9.17, 15) is 4.79 Å². The average molecular weight is 320 g/mol. The van der Waals surface area contributed by atoms with E-state index < -0.39 is 5.54 Å². The summed E-state index contributed by atoms with van der Waals surface area (Å²) in [7, 11) is 0. The highest BCUT2D eigenvalue weighted by molar-refractivity contribution is 5.87. The molecule has 0 saturated heterocycles. The van der Waals surface area contributed by atoms with E-state index in [1.165, 1.54) is 28.7 Å². The molecule has 0 radical (unpaired) electrons. The Morgan fingerprint density at radius 2 is 1.33 bits per heavy atom. The van der Waals surface area contributed by atoms with E-state index >= 15 is 0 Å². The van der Waals surface area contributed by atoms with E-state index in [-0.39, 0.29) is 5.91 Å². The molecule has 1 heterocycles. The van der Waals surface area contributed by atoms with Crippen molar-refractivity contribution in [3.63, 3.8) is 0 Å². The molecular formula is C21H24N2O. The fourth-order valence-electron chi connectivity index (χ4n) is 4.16. The summed E-state index contributed by atoms with van der Waals surface area (Å²) in [6.45, 7) is 1.28. The molecular weight excluding hydrogens is 296 g/mol. The number of hydrogen-bond donors (Lipinski definition) is 1. The standard InChI is InChI=1S/C21H24N2O/c22-21(12-6-1-7-13-21)20(24)23-14-16-8-2-4-10-18(16)19-11-5-3-9-17(19)15-23/h2-5,8-11H,1,6-7,12-15,22H2. The van der Waals surface area contributed by atoms with Gasteiger partial charge in [-0.15, -0.1) is 0 Å². The highest BCUT2D eigenvalue weighted by Crippen LogP contribution is 2.35. The average Bonchev–Trinajstić information content (AvgIpc) is 2.78. The monoisotopic (exact) mass is 320 g/mol. The van der Waals surface area contributed by atoms with Gasteiger partial charge in [0.1, 0.15) is 0 Å². The van der Waals surface area contributed by atoms with Gasteiger partial charge in [0, 0.05) is 13.1 Å². The molecule has 0 unspecified atom stereocenters. The van der Waals surface area contributed by atoms with Crippen molar-refractivity contribution in [2.24, 2.45) is 5.73 Å². The van der Waals surface area contributed by atoms with Crippen molar-refractivity contribution in [2.75, 3.05) is 0 Å². The van der Waals surface area contributed by atoms with Crippen LogP contribution in [0.3, 0.4) is 0 Å². The van der Waals surface area contributed by atoms with Gasteiger partial charge in [0.25, 0.3) is 0 Å². The van der Waals surface area contributed by atoms with Crippen molar-refractivity contribution < 1.29 is 4.79 Å². The van der Waals surface area contributed by atoms with Crippen molar-refractivity contribution in [3.8, 4) is 11.1 Å². The molecule has 1 aliphatic carbocycles. The number of nitrogens with two attached hydrogens (primary N) is 1. The second-order valence-electron chi connectivity index (χ2n) is 7.19. The highest BCUT2D eigenvalue weighted by Gasteiger charge is 2.39. The number of amides is 1. The zero-order chi connectivity index (χ0) is 16.6. The lowest BCUT2D eigenvalue weighted by Gasteiger charge is -2.36.